The van der Waals surface area contributed by atoms with E-state index in [9.17, 15) is 0 Å². The van der Waals surface area contributed by atoms with Crippen molar-refractivity contribution in [2.24, 2.45) is 0 Å². The van der Waals surface area contributed by atoms with Gasteiger partial charge in [-0.15, -0.1) is 0 Å². The molecule has 0 radical (unpaired) electrons. The molecule has 0 unspecified atom stereocenters. The summed E-state index contributed by atoms with van der Waals surface area (Å²) in [5.74, 6) is 0. The van der Waals surface area contributed by atoms with Gasteiger partial charge >= 0.3 is 0 Å². The van der Waals surface area contributed by atoms with Gasteiger partial charge in [-0.2, -0.15) is 0 Å². The topological polar surface area (TPSA) is 0 Å². The number of hydrogen-bond donors (Lipinski definition) is 0. The minimum Gasteiger partial charge on any atom is -0.0619 e. The van der Waals surface area contributed by atoms with Gasteiger partial charge in [0.15, 0.2) is 0 Å². The summed E-state index contributed by atoms with van der Waals surface area (Å²) in [7, 11) is 0. The predicted octanol–water partition coefficient (Wildman–Crippen LogP) is 17.6. The lowest BCUT2D eigenvalue weighted by Crippen LogP contribution is -2.14. The minimum absolute atomic E-state index is 0.123. The van der Waals surface area contributed by atoms with Crippen molar-refractivity contribution in [3.63, 3.8) is 0 Å². The van der Waals surface area contributed by atoms with Crippen molar-refractivity contribution >= 4 is 75.4 Å². The summed E-state index contributed by atoms with van der Waals surface area (Å²) < 4.78 is 0. The molecule has 0 aromatic heterocycles. The zero-order valence-corrected chi connectivity index (χ0v) is 35.1. The summed E-state index contributed by atoms with van der Waals surface area (Å²) in [5.41, 5.74) is 15.3. The molecule has 0 aliphatic heterocycles. The third-order valence-electron chi connectivity index (χ3n) is 14.8. The molecule has 0 heterocycles. The molecule has 0 saturated carbocycles. The van der Waals surface area contributed by atoms with Crippen molar-refractivity contribution in [2.75, 3.05) is 0 Å². The first-order chi connectivity index (χ1) is 31.0. The zero-order chi connectivity index (χ0) is 41.6. The Morgan fingerprint density at radius 3 is 1.41 bits per heavy atom. The van der Waals surface area contributed by atoms with Crippen LogP contribution >= 0.6 is 0 Å². The Balaban J connectivity index is 1.07. The van der Waals surface area contributed by atoms with Crippen molar-refractivity contribution in [1.82, 2.24) is 0 Å². The summed E-state index contributed by atoms with van der Waals surface area (Å²) in [4.78, 5) is 0. The van der Waals surface area contributed by atoms with Crippen LogP contribution in [0.3, 0.4) is 0 Å². The fraction of sp³-hybridized carbons (Fsp3) is 0.0476. The van der Waals surface area contributed by atoms with E-state index in [4.69, 9.17) is 0 Å². The van der Waals surface area contributed by atoms with Crippen molar-refractivity contribution < 1.29 is 0 Å². The lowest BCUT2D eigenvalue weighted by Gasteiger charge is -2.23. The summed E-state index contributed by atoms with van der Waals surface area (Å²) >= 11 is 0. The molecule has 13 aromatic rings. The Hall–Kier alpha value is -7.80. The van der Waals surface area contributed by atoms with Crippen LogP contribution in [0.1, 0.15) is 25.0 Å². The largest absolute Gasteiger partial charge is 0.0619 e. The molecule has 1 aliphatic carbocycles. The molecule has 0 atom stereocenters. The lowest BCUT2D eigenvalue weighted by atomic mass is 9.80. The third kappa shape index (κ3) is 4.81. The molecule has 63 heavy (non-hydrogen) atoms. The molecular weight excluding hydrogens is 757 g/mol. The van der Waals surface area contributed by atoms with Crippen LogP contribution in [-0.4, -0.2) is 0 Å². The molecule has 292 valence electrons. The number of rotatable bonds is 4. The van der Waals surface area contributed by atoms with Crippen molar-refractivity contribution in [1.29, 1.82) is 0 Å². The van der Waals surface area contributed by atoms with Gasteiger partial charge in [0.25, 0.3) is 0 Å². The van der Waals surface area contributed by atoms with Crippen LogP contribution in [0.5, 0.6) is 0 Å². The lowest BCUT2D eigenvalue weighted by molar-refractivity contribution is 0.660. The third-order valence-corrected chi connectivity index (χ3v) is 14.8. The van der Waals surface area contributed by atoms with E-state index < -0.39 is 0 Å². The molecule has 0 bridgehead atoms. The molecular formula is C63H40. The second-order valence-electron chi connectivity index (χ2n) is 18.3. The molecule has 0 amide bonds. The van der Waals surface area contributed by atoms with E-state index in [1.54, 1.807) is 0 Å². The molecule has 0 N–H and O–H groups in total. The molecule has 0 nitrogen and oxygen atoms in total. The highest BCUT2D eigenvalue weighted by Gasteiger charge is 2.35. The van der Waals surface area contributed by atoms with Crippen LogP contribution in [0.2, 0.25) is 0 Å². The van der Waals surface area contributed by atoms with E-state index in [0.29, 0.717) is 0 Å². The van der Waals surface area contributed by atoms with Gasteiger partial charge in [-0.1, -0.05) is 208 Å². The number of benzene rings is 13. The Morgan fingerprint density at radius 2 is 0.714 bits per heavy atom. The van der Waals surface area contributed by atoms with Crippen molar-refractivity contribution in [3.05, 3.63) is 217 Å². The predicted molar refractivity (Wildman–Crippen MR) is 271 cm³/mol. The second-order valence-corrected chi connectivity index (χ2v) is 18.3. The minimum atomic E-state index is -0.123. The van der Waals surface area contributed by atoms with Gasteiger partial charge in [0.05, 0.1) is 0 Å². The second kappa shape index (κ2) is 12.6. The van der Waals surface area contributed by atoms with Gasteiger partial charge in [-0.3, -0.25) is 0 Å². The smallest absolute Gasteiger partial charge is 0.0159 e. The molecule has 0 spiro atoms. The van der Waals surface area contributed by atoms with Crippen LogP contribution in [0.15, 0.2) is 206 Å². The monoisotopic (exact) mass is 796 g/mol. The highest BCUT2D eigenvalue weighted by Crippen LogP contribution is 2.52. The van der Waals surface area contributed by atoms with Crippen LogP contribution < -0.4 is 0 Å². The van der Waals surface area contributed by atoms with E-state index in [0.717, 1.165) is 0 Å². The van der Waals surface area contributed by atoms with E-state index in [2.05, 4.69) is 220 Å². The number of fused-ring (bicyclic) bond motifs is 4. The number of hydrogen-bond acceptors (Lipinski definition) is 0. The van der Waals surface area contributed by atoms with Crippen molar-refractivity contribution in [2.45, 2.75) is 19.3 Å². The van der Waals surface area contributed by atoms with Gasteiger partial charge in [-0.25, -0.2) is 0 Å². The average Bonchev–Trinajstić information content (AvgIpc) is 3.57. The first-order valence-electron chi connectivity index (χ1n) is 22.2. The first-order valence-corrected chi connectivity index (χ1v) is 22.2. The normalized spacial score (nSPS) is 13.4. The maximum atomic E-state index is 2.50. The molecule has 0 fully saturated rings. The van der Waals surface area contributed by atoms with E-state index in [1.807, 2.05) is 0 Å². The summed E-state index contributed by atoms with van der Waals surface area (Å²) in [5, 5.41) is 18.2. The first kappa shape index (κ1) is 34.9. The van der Waals surface area contributed by atoms with Crippen molar-refractivity contribution in [3.8, 4) is 55.6 Å². The Bertz CT molecular complexity index is 4020. The summed E-state index contributed by atoms with van der Waals surface area (Å²) in [6, 6.07) is 78.3. The van der Waals surface area contributed by atoms with Crippen LogP contribution in [0.25, 0.3) is 131 Å². The standard InChI is InChI=1S/C63H40/c1-63(2)56-16-6-5-15-49(56)50-30-27-45(36-57(50)63)55-35-44(46-28-22-42-19-17-38-10-7-12-40-23-32-51(46)60(42)58(38)40)26-29-48(55)52-31-21-37-9-3-4-14-47(37)62(52)54-34-25-43-20-18-39-11-8-13-41-24-33-53(54)61(43)59(39)41/h3-36H,1-2H3. The average molecular weight is 797 g/mol. The van der Waals surface area contributed by atoms with E-state index in [1.165, 1.54) is 142 Å². The van der Waals surface area contributed by atoms with Crippen LogP contribution in [0, 0.1) is 0 Å². The highest BCUT2D eigenvalue weighted by atomic mass is 14.4. The quantitative estimate of drug-likeness (QED) is 0.156. The zero-order valence-electron chi connectivity index (χ0n) is 35.1. The Kier molecular flexibility index (Phi) is 6.99. The Morgan fingerprint density at radius 1 is 0.254 bits per heavy atom. The summed E-state index contributed by atoms with van der Waals surface area (Å²) in [6.07, 6.45) is 0. The van der Waals surface area contributed by atoms with Gasteiger partial charge in [0, 0.05) is 5.41 Å². The van der Waals surface area contributed by atoms with Crippen LogP contribution in [0.4, 0.5) is 0 Å². The fourth-order valence-corrected chi connectivity index (χ4v) is 11.8. The summed E-state index contributed by atoms with van der Waals surface area (Å²) in [6.45, 7) is 4.78. The molecule has 0 heteroatoms. The molecule has 1 aliphatic rings. The maximum absolute atomic E-state index is 2.50. The van der Waals surface area contributed by atoms with Gasteiger partial charge in [0.1, 0.15) is 0 Å². The molecule has 0 saturated heterocycles. The van der Waals surface area contributed by atoms with Gasteiger partial charge in [0.2, 0.25) is 0 Å². The van der Waals surface area contributed by atoms with E-state index >= 15 is 0 Å². The fourth-order valence-electron chi connectivity index (χ4n) is 11.8. The molecule has 14 rings (SSSR count). The van der Waals surface area contributed by atoms with Gasteiger partial charge < -0.3 is 0 Å². The Labute approximate surface area is 366 Å². The van der Waals surface area contributed by atoms with Crippen LogP contribution in [-0.2, 0) is 5.41 Å². The van der Waals surface area contributed by atoms with Gasteiger partial charge in [-0.05, 0) is 154 Å². The highest BCUT2D eigenvalue weighted by molar-refractivity contribution is 6.28. The SMILES string of the molecule is CC1(C)c2ccccc2-c2ccc(-c3cc(-c4ccc5ccc6cccc7ccc4c5c67)ccc3-c3ccc4ccccc4c3-c3ccc4ccc5cccc6ccc3c4c56)cc21. The molecule has 13 aromatic carbocycles. The maximum Gasteiger partial charge on any atom is 0.0159 e. The van der Waals surface area contributed by atoms with E-state index in [-0.39, 0.29) is 5.41 Å².